The molecule has 2 N–H and O–H groups in total. The van der Waals surface area contributed by atoms with Crippen LogP contribution in [0.15, 0.2) is 48.5 Å². The smallest absolute Gasteiger partial charge is 0.329 e. The van der Waals surface area contributed by atoms with Gasteiger partial charge in [-0.25, -0.2) is 0 Å². The highest BCUT2D eigenvalue weighted by Crippen LogP contribution is 2.32. The van der Waals surface area contributed by atoms with E-state index >= 15 is 0 Å². The first-order chi connectivity index (χ1) is 11.8. The van der Waals surface area contributed by atoms with E-state index in [1.807, 2.05) is 30.3 Å². The normalized spacial score (nSPS) is 12.5. The van der Waals surface area contributed by atoms with E-state index < -0.39 is 15.9 Å². The highest BCUT2D eigenvalue weighted by Gasteiger charge is 2.34. The molecule has 0 amide bonds. The number of hydrogen-bond acceptors (Lipinski definition) is 4. The molecule has 2 aromatic rings. The number of hydrogen-bond donors (Lipinski definition) is 2. The van der Waals surface area contributed by atoms with Crippen LogP contribution in [0.25, 0.3) is 0 Å². The fraction of sp³-hybridized carbons (Fsp3) is 0.188. The van der Waals surface area contributed by atoms with Crippen LogP contribution in [-0.2, 0) is 16.1 Å². The van der Waals surface area contributed by atoms with Crippen molar-refractivity contribution in [2.24, 2.45) is 0 Å². The first-order valence-electron chi connectivity index (χ1n) is 7.03. The Balaban J connectivity index is 1.98. The quantitative estimate of drug-likeness (QED) is 0.358. The number of carbonyl (C=O) groups is 1. The summed E-state index contributed by atoms with van der Waals surface area (Å²) in [5.74, 6) is -0.526. The maximum atomic E-state index is 11.9. The van der Waals surface area contributed by atoms with Crippen LogP contribution >= 0.6 is 58.0 Å². The summed E-state index contributed by atoms with van der Waals surface area (Å²) >= 11 is 29.6. The second kappa shape index (κ2) is 9.17. The van der Waals surface area contributed by atoms with Crippen molar-refractivity contribution in [1.82, 2.24) is 5.48 Å². The topological polar surface area (TPSA) is 50.4 Å². The van der Waals surface area contributed by atoms with Crippen molar-refractivity contribution >= 4 is 69.7 Å². The molecule has 0 radical (unpaired) electrons. The average molecular weight is 443 g/mol. The second-order valence-corrected chi connectivity index (χ2v) is 8.19. The van der Waals surface area contributed by atoms with Gasteiger partial charge in [-0.3, -0.25) is 4.79 Å². The molecule has 9 heteroatoms. The summed E-state index contributed by atoms with van der Waals surface area (Å²) in [5.41, 5.74) is 3.76. The third-order valence-electron chi connectivity index (χ3n) is 3.04. The molecular formula is C16H13Cl5N2O2. The molecule has 0 bridgehead atoms. The highest BCUT2D eigenvalue weighted by molar-refractivity contribution is 6.68. The molecule has 134 valence electrons. The lowest BCUT2D eigenvalue weighted by atomic mass is 10.2. The number of rotatable bonds is 6. The molecule has 1 atom stereocenters. The summed E-state index contributed by atoms with van der Waals surface area (Å²) in [7, 11) is 0. The van der Waals surface area contributed by atoms with Gasteiger partial charge in [-0.1, -0.05) is 88.3 Å². The Morgan fingerprint density at radius 3 is 2.32 bits per heavy atom. The van der Waals surface area contributed by atoms with Crippen molar-refractivity contribution < 1.29 is 9.63 Å². The lowest BCUT2D eigenvalue weighted by molar-refractivity contribution is -0.151. The zero-order valence-corrected chi connectivity index (χ0v) is 16.4. The summed E-state index contributed by atoms with van der Waals surface area (Å²) in [6, 6.07) is 13.9. The number of nitrogens with one attached hydrogen (secondary N) is 2. The van der Waals surface area contributed by atoms with Gasteiger partial charge in [0.2, 0.25) is 3.79 Å². The van der Waals surface area contributed by atoms with Crippen molar-refractivity contribution in [3.8, 4) is 0 Å². The minimum Gasteiger partial charge on any atom is -0.368 e. The maximum Gasteiger partial charge on any atom is 0.329 e. The van der Waals surface area contributed by atoms with E-state index in [0.29, 0.717) is 15.7 Å². The number of benzene rings is 2. The predicted molar refractivity (Wildman–Crippen MR) is 104 cm³/mol. The van der Waals surface area contributed by atoms with Gasteiger partial charge in [-0.2, -0.15) is 0 Å². The van der Waals surface area contributed by atoms with Gasteiger partial charge in [-0.15, -0.1) is 5.48 Å². The van der Waals surface area contributed by atoms with Crippen molar-refractivity contribution in [2.75, 3.05) is 5.32 Å². The molecule has 2 aromatic carbocycles. The van der Waals surface area contributed by atoms with Crippen LogP contribution in [0, 0.1) is 0 Å². The van der Waals surface area contributed by atoms with Crippen LogP contribution in [0.5, 0.6) is 0 Å². The standard InChI is InChI=1S/C16H13Cl5N2O2/c17-12-7-6-11(9-13(12)18)22-15(16(19,20)21)23-25-14(24)8-10-4-2-1-3-5-10/h1-7,9,15,22-23H,8H2/t15-/m1/s1. The summed E-state index contributed by atoms with van der Waals surface area (Å²) in [6.45, 7) is 0. The van der Waals surface area contributed by atoms with E-state index in [9.17, 15) is 4.79 Å². The molecule has 0 unspecified atom stereocenters. The lowest BCUT2D eigenvalue weighted by Crippen LogP contribution is -2.47. The number of anilines is 1. The molecule has 0 aliphatic carbocycles. The summed E-state index contributed by atoms with van der Waals surface area (Å²) < 4.78 is -1.81. The van der Waals surface area contributed by atoms with Crippen LogP contribution < -0.4 is 10.8 Å². The van der Waals surface area contributed by atoms with Gasteiger partial charge < -0.3 is 10.2 Å². The Hall–Kier alpha value is -0.880. The molecule has 0 saturated heterocycles. The Kier molecular flexibility index (Phi) is 7.50. The maximum absolute atomic E-state index is 11.9. The van der Waals surface area contributed by atoms with Gasteiger partial charge in [0.1, 0.15) is 0 Å². The summed E-state index contributed by atoms with van der Waals surface area (Å²) in [5, 5.41) is 3.60. The number of hydroxylamine groups is 1. The third kappa shape index (κ3) is 6.74. The predicted octanol–water partition coefficient (Wildman–Crippen LogP) is 5.39. The van der Waals surface area contributed by atoms with Gasteiger partial charge in [-0.05, 0) is 23.8 Å². The number of alkyl halides is 3. The largest absolute Gasteiger partial charge is 0.368 e. The molecule has 0 fully saturated rings. The Labute approximate surface area is 170 Å². The SMILES string of the molecule is O=C(Cc1ccccc1)ON[C@@H](Nc1ccc(Cl)c(Cl)c1)C(Cl)(Cl)Cl. The zero-order valence-electron chi connectivity index (χ0n) is 12.6. The Morgan fingerprint density at radius 2 is 1.72 bits per heavy atom. The molecule has 0 aromatic heterocycles. The minimum atomic E-state index is -1.81. The first kappa shape index (κ1) is 20.4. The van der Waals surface area contributed by atoms with E-state index in [1.165, 1.54) is 0 Å². The van der Waals surface area contributed by atoms with Crippen molar-refractivity contribution in [3.05, 3.63) is 64.1 Å². The highest BCUT2D eigenvalue weighted by atomic mass is 35.6. The molecular weight excluding hydrogens is 429 g/mol. The van der Waals surface area contributed by atoms with E-state index in [-0.39, 0.29) is 6.42 Å². The molecule has 0 saturated carbocycles. The molecule has 0 aliphatic heterocycles. The van der Waals surface area contributed by atoms with E-state index in [2.05, 4.69) is 10.8 Å². The van der Waals surface area contributed by atoms with Crippen LogP contribution in [0.1, 0.15) is 5.56 Å². The van der Waals surface area contributed by atoms with Crippen LogP contribution in [-0.4, -0.2) is 15.9 Å². The second-order valence-electron chi connectivity index (χ2n) is 5.00. The molecule has 2 rings (SSSR count). The molecule has 25 heavy (non-hydrogen) atoms. The molecule has 0 aliphatic rings. The van der Waals surface area contributed by atoms with Crippen LogP contribution in [0.2, 0.25) is 10.0 Å². The monoisotopic (exact) mass is 440 g/mol. The van der Waals surface area contributed by atoms with Crippen LogP contribution in [0.4, 0.5) is 5.69 Å². The van der Waals surface area contributed by atoms with E-state index in [0.717, 1.165) is 5.56 Å². The van der Waals surface area contributed by atoms with Crippen molar-refractivity contribution in [1.29, 1.82) is 0 Å². The number of halogens is 5. The van der Waals surface area contributed by atoms with Gasteiger partial charge in [0.25, 0.3) is 0 Å². The minimum absolute atomic E-state index is 0.0766. The van der Waals surface area contributed by atoms with Gasteiger partial charge >= 0.3 is 5.97 Å². The third-order valence-corrected chi connectivity index (χ3v) is 4.43. The fourth-order valence-corrected chi connectivity index (χ4v) is 2.45. The summed E-state index contributed by atoms with van der Waals surface area (Å²) in [6.07, 6.45) is -0.942. The van der Waals surface area contributed by atoms with Gasteiger partial charge in [0.15, 0.2) is 6.17 Å². The lowest BCUT2D eigenvalue weighted by Gasteiger charge is -2.26. The van der Waals surface area contributed by atoms with Crippen molar-refractivity contribution in [3.63, 3.8) is 0 Å². The zero-order chi connectivity index (χ0) is 18.4. The van der Waals surface area contributed by atoms with E-state index in [1.54, 1.807) is 18.2 Å². The Morgan fingerprint density at radius 1 is 1.04 bits per heavy atom. The molecule has 4 nitrogen and oxygen atoms in total. The van der Waals surface area contributed by atoms with E-state index in [4.69, 9.17) is 62.8 Å². The Bertz CT molecular complexity index is 722. The van der Waals surface area contributed by atoms with Gasteiger partial charge in [0, 0.05) is 5.69 Å². The fourth-order valence-electron chi connectivity index (χ4n) is 1.85. The first-order valence-corrected chi connectivity index (χ1v) is 8.92. The average Bonchev–Trinajstić information content (AvgIpc) is 2.54. The van der Waals surface area contributed by atoms with Gasteiger partial charge in [0.05, 0.1) is 16.5 Å². The molecule has 0 spiro atoms. The van der Waals surface area contributed by atoms with Crippen LogP contribution in [0.3, 0.4) is 0 Å². The number of carbonyl (C=O) groups excluding carboxylic acids is 1. The van der Waals surface area contributed by atoms with Crippen molar-refractivity contribution in [2.45, 2.75) is 16.4 Å². The summed E-state index contributed by atoms with van der Waals surface area (Å²) in [4.78, 5) is 16.9. The molecule has 0 heterocycles.